The number of amides is 1. The van der Waals surface area contributed by atoms with E-state index < -0.39 is 6.61 Å². The van der Waals surface area contributed by atoms with E-state index in [1.165, 1.54) is 24.3 Å². The summed E-state index contributed by atoms with van der Waals surface area (Å²) >= 11 is 0. The van der Waals surface area contributed by atoms with E-state index in [4.69, 9.17) is 14.2 Å². The second-order valence-corrected chi connectivity index (χ2v) is 7.12. The van der Waals surface area contributed by atoms with Gasteiger partial charge in [0, 0.05) is 25.2 Å². The van der Waals surface area contributed by atoms with Gasteiger partial charge in [0.2, 0.25) is 0 Å². The molecule has 1 atom stereocenters. The number of hydrogen-bond donors (Lipinski definition) is 1. The Morgan fingerprint density at radius 3 is 2.47 bits per heavy atom. The Kier molecular flexibility index (Phi) is 8.64. The lowest BCUT2D eigenvalue weighted by atomic mass is 10.0. The molecule has 174 valence electrons. The smallest absolute Gasteiger partial charge is 0.387 e. The summed E-state index contributed by atoms with van der Waals surface area (Å²) in [6, 6.07) is 11.3. The Labute approximate surface area is 186 Å². The van der Waals surface area contributed by atoms with Gasteiger partial charge >= 0.3 is 6.61 Å². The zero-order chi connectivity index (χ0) is 22.9. The maximum atomic E-state index is 12.7. The molecule has 0 radical (unpaired) electrons. The van der Waals surface area contributed by atoms with Crippen molar-refractivity contribution in [1.29, 1.82) is 0 Å². The van der Waals surface area contributed by atoms with Crippen LogP contribution in [0.4, 0.5) is 8.78 Å². The van der Waals surface area contributed by atoms with Crippen LogP contribution in [-0.4, -0.2) is 64.0 Å². The number of morpholine rings is 1. The van der Waals surface area contributed by atoms with Crippen molar-refractivity contribution in [3.63, 3.8) is 0 Å². The zero-order valence-electron chi connectivity index (χ0n) is 18.2. The summed E-state index contributed by atoms with van der Waals surface area (Å²) in [7, 11) is 1.59. The lowest BCUT2D eigenvalue weighted by Gasteiger charge is -2.35. The van der Waals surface area contributed by atoms with Crippen LogP contribution in [0.5, 0.6) is 17.2 Å². The van der Waals surface area contributed by atoms with E-state index in [1.54, 1.807) is 7.11 Å². The summed E-state index contributed by atoms with van der Waals surface area (Å²) in [6.07, 6.45) is 0. The lowest BCUT2D eigenvalue weighted by Crippen LogP contribution is -2.43. The monoisotopic (exact) mass is 450 g/mol. The van der Waals surface area contributed by atoms with E-state index >= 15 is 0 Å². The SMILES string of the molecule is CCOc1ccc(C(CNC(=O)c2ccc(OC(F)F)cc2)N2CCOCC2)cc1OC. The molecule has 0 bridgehead atoms. The molecule has 1 heterocycles. The first-order valence-corrected chi connectivity index (χ1v) is 10.5. The topological polar surface area (TPSA) is 69.3 Å². The van der Waals surface area contributed by atoms with Crippen molar-refractivity contribution < 1.29 is 32.5 Å². The van der Waals surface area contributed by atoms with E-state index in [1.807, 2.05) is 25.1 Å². The first-order chi connectivity index (χ1) is 15.5. The minimum absolute atomic E-state index is 0.00391. The van der Waals surface area contributed by atoms with Gasteiger partial charge in [0.25, 0.3) is 5.91 Å². The van der Waals surface area contributed by atoms with Gasteiger partial charge in [-0.2, -0.15) is 8.78 Å². The number of halogens is 2. The fraction of sp³-hybridized carbons (Fsp3) is 0.435. The number of rotatable bonds is 10. The van der Waals surface area contributed by atoms with Gasteiger partial charge in [0.05, 0.1) is 33.0 Å². The number of ether oxygens (including phenoxy) is 4. The summed E-state index contributed by atoms with van der Waals surface area (Å²) in [6.45, 7) is 2.58. The average molecular weight is 450 g/mol. The average Bonchev–Trinajstić information content (AvgIpc) is 2.80. The van der Waals surface area contributed by atoms with Crippen molar-refractivity contribution in [2.75, 3.05) is 46.6 Å². The number of benzene rings is 2. The molecule has 1 aliphatic heterocycles. The summed E-state index contributed by atoms with van der Waals surface area (Å²) in [5.41, 5.74) is 1.34. The van der Waals surface area contributed by atoms with Crippen LogP contribution < -0.4 is 19.5 Å². The van der Waals surface area contributed by atoms with Gasteiger partial charge in [0.1, 0.15) is 5.75 Å². The van der Waals surface area contributed by atoms with E-state index in [-0.39, 0.29) is 17.7 Å². The molecule has 2 aromatic carbocycles. The molecule has 2 aromatic rings. The highest BCUT2D eigenvalue weighted by Gasteiger charge is 2.24. The van der Waals surface area contributed by atoms with E-state index in [9.17, 15) is 13.6 Å². The van der Waals surface area contributed by atoms with Gasteiger partial charge in [-0.05, 0) is 48.9 Å². The standard InChI is InChI=1S/C23H28F2N2O5/c1-3-31-20-9-6-17(14-21(20)29-2)19(27-10-12-30-13-11-27)15-26-22(28)16-4-7-18(8-5-16)32-23(24)25/h4-9,14,19,23H,3,10-13,15H2,1-2H3,(H,26,28). The fourth-order valence-electron chi connectivity index (χ4n) is 3.59. The molecule has 0 saturated carbocycles. The van der Waals surface area contributed by atoms with E-state index in [2.05, 4.69) is 15.0 Å². The van der Waals surface area contributed by atoms with Crippen molar-refractivity contribution in [3.05, 3.63) is 53.6 Å². The highest BCUT2D eigenvalue weighted by atomic mass is 19.3. The first-order valence-electron chi connectivity index (χ1n) is 10.5. The summed E-state index contributed by atoms with van der Waals surface area (Å²) in [5.74, 6) is 0.993. The van der Waals surface area contributed by atoms with Crippen molar-refractivity contribution in [2.24, 2.45) is 0 Å². The zero-order valence-corrected chi connectivity index (χ0v) is 18.2. The van der Waals surface area contributed by atoms with Crippen LogP contribution in [0.25, 0.3) is 0 Å². The minimum Gasteiger partial charge on any atom is -0.493 e. The summed E-state index contributed by atoms with van der Waals surface area (Å²) in [4.78, 5) is 14.9. The molecule has 1 N–H and O–H groups in total. The molecule has 1 amide bonds. The molecule has 1 aliphatic rings. The number of methoxy groups -OCH3 is 1. The highest BCUT2D eigenvalue weighted by molar-refractivity contribution is 5.94. The Morgan fingerprint density at radius 1 is 1.12 bits per heavy atom. The van der Waals surface area contributed by atoms with E-state index in [0.29, 0.717) is 43.4 Å². The predicted molar refractivity (Wildman–Crippen MR) is 115 cm³/mol. The van der Waals surface area contributed by atoms with Gasteiger partial charge in [-0.25, -0.2) is 0 Å². The molecule has 1 unspecified atom stereocenters. The number of nitrogens with zero attached hydrogens (tertiary/aromatic N) is 1. The predicted octanol–water partition coefficient (Wildman–Crippen LogP) is 3.50. The first kappa shape index (κ1) is 23.7. The molecular formula is C23H28F2N2O5. The molecule has 7 nitrogen and oxygen atoms in total. The van der Waals surface area contributed by atoms with Crippen LogP contribution >= 0.6 is 0 Å². The lowest BCUT2D eigenvalue weighted by molar-refractivity contribution is -0.0498. The molecule has 1 saturated heterocycles. The Balaban J connectivity index is 1.74. The quantitative estimate of drug-likeness (QED) is 0.598. The molecule has 9 heteroatoms. The largest absolute Gasteiger partial charge is 0.493 e. The molecule has 0 aromatic heterocycles. The highest BCUT2D eigenvalue weighted by Crippen LogP contribution is 2.32. The Bertz CT molecular complexity index is 873. The van der Waals surface area contributed by atoms with Crippen LogP contribution in [0.1, 0.15) is 28.9 Å². The van der Waals surface area contributed by atoms with Crippen LogP contribution in [0.15, 0.2) is 42.5 Å². The molecule has 0 spiro atoms. The third-order valence-corrected chi connectivity index (χ3v) is 5.16. The second kappa shape index (κ2) is 11.6. The number of hydrogen-bond acceptors (Lipinski definition) is 6. The molecule has 3 rings (SSSR count). The van der Waals surface area contributed by atoms with Crippen LogP contribution in [-0.2, 0) is 4.74 Å². The molecule has 1 fully saturated rings. The second-order valence-electron chi connectivity index (χ2n) is 7.12. The fourth-order valence-corrected chi connectivity index (χ4v) is 3.59. The molecule has 32 heavy (non-hydrogen) atoms. The van der Waals surface area contributed by atoms with Gasteiger partial charge < -0.3 is 24.3 Å². The van der Waals surface area contributed by atoms with E-state index in [0.717, 1.165) is 18.7 Å². The molecule has 0 aliphatic carbocycles. The Morgan fingerprint density at radius 2 is 1.84 bits per heavy atom. The van der Waals surface area contributed by atoms with Gasteiger partial charge in [-0.15, -0.1) is 0 Å². The maximum absolute atomic E-state index is 12.7. The van der Waals surface area contributed by atoms with Gasteiger partial charge in [0.15, 0.2) is 11.5 Å². The third-order valence-electron chi connectivity index (χ3n) is 5.16. The normalized spacial score (nSPS) is 15.3. The van der Waals surface area contributed by atoms with Crippen molar-refractivity contribution in [2.45, 2.75) is 19.6 Å². The molecular weight excluding hydrogens is 422 g/mol. The van der Waals surface area contributed by atoms with Crippen LogP contribution in [0.2, 0.25) is 0 Å². The van der Waals surface area contributed by atoms with Crippen LogP contribution in [0.3, 0.4) is 0 Å². The summed E-state index contributed by atoms with van der Waals surface area (Å²) < 4.78 is 45.5. The number of nitrogens with one attached hydrogen (secondary N) is 1. The van der Waals surface area contributed by atoms with Crippen molar-refractivity contribution in [1.82, 2.24) is 10.2 Å². The van der Waals surface area contributed by atoms with Crippen molar-refractivity contribution in [3.8, 4) is 17.2 Å². The third kappa shape index (κ3) is 6.30. The van der Waals surface area contributed by atoms with Crippen molar-refractivity contribution >= 4 is 5.91 Å². The Hall–Kier alpha value is -2.91. The van der Waals surface area contributed by atoms with Gasteiger partial charge in [-0.1, -0.05) is 6.07 Å². The number of carbonyl (C=O) groups is 1. The van der Waals surface area contributed by atoms with Crippen LogP contribution in [0, 0.1) is 0 Å². The number of carbonyl (C=O) groups excluding carboxylic acids is 1. The maximum Gasteiger partial charge on any atom is 0.387 e. The van der Waals surface area contributed by atoms with Gasteiger partial charge in [-0.3, -0.25) is 9.69 Å². The minimum atomic E-state index is -2.91. The number of alkyl halides is 2. The summed E-state index contributed by atoms with van der Waals surface area (Å²) in [5, 5.41) is 2.95.